The average molecular weight is 301 g/mol. The summed E-state index contributed by atoms with van der Waals surface area (Å²) in [4.78, 5) is 53.9. The summed E-state index contributed by atoms with van der Waals surface area (Å²) in [5.74, 6) is -6.70. The molecule has 0 fully saturated rings. The molecule has 0 aliphatic carbocycles. The summed E-state index contributed by atoms with van der Waals surface area (Å²) >= 11 is 0. The number of hydrogen-bond donors (Lipinski definition) is 2. The third-order valence-corrected chi connectivity index (χ3v) is 2.31. The molecule has 0 unspecified atom stereocenters. The number of carboxylic acids is 3. The van der Waals surface area contributed by atoms with Crippen molar-refractivity contribution in [3.63, 3.8) is 0 Å². The largest absolute Gasteiger partial charge is 0.550 e. The van der Waals surface area contributed by atoms with Gasteiger partial charge >= 0.3 is 0 Å². The van der Waals surface area contributed by atoms with E-state index in [-0.39, 0.29) is 0 Å². The van der Waals surface area contributed by atoms with Crippen molar-refractivity contribution in [1.82, 2.24) is 10.6 Å². The van der Waals surface area contributed by atoms with Crippen molar-refractivity contribution in [2.24, 2.45) is 0 Å². The summed E-state index contributed by atoms with van der Waals surface area (Å²) in [5, 5.41) is 35.5. The van der Waals surface area contributed by atoms with E-state index in [1.54, 1.807) is 0 Å². The SMILES string of the molecule is CC(=O)N[C@@H](CC(=O)N[C@@H](CCC(=O)[O-])C(=O)[O-])C(=O)[O-]. The number of amides is 2. The molecule has 0 aromatic heterocycles. The van der Waals surface area contributed by atoms with Gasteiger partial charge in [0.05, 0.1) is 30.4 Å². The first kappa shape index (κ1) is 18.4. The van der Waals surface area contributed by atoms with Crippen LogP contribution in [0.15, 0.2) is 0 Å². The summed E-state index contributed by atoms with van der Waals surface area (Å²) in [5.41, 5.74) is 0. The van der Waals surface area contributed by atoms with Gasteiger partial charge in [-0.1, -0.05) is 0 Å². The van der Waals surface area contributed by atoms with E-state index in [1.165, 1.54) is 0 Å². The number of aliphatic carboxylic acids is 3. The molecule has 2 N–H and O–H groups in total. The molecule has 0 aliphatic rings. The fourth-order valence-corrected chi connectivity index (χ4v) is 1.39. The highest BCUT2D eigenvalue weighted by molar-refractivity contribution is 5.89. The average Bonchev–Trinajstić information content (AvgIpc) is 2.32. The molecule has 2 atom stereocenters. The Labute approximate surface area is 119 Å². The lowest BCUT2D eigenvalue weighted by molar-refractivity contribution is -0.310. The van der Waals surface area contributed by atoms with Crippen LogP contribution in [0.1, 0.15) is 26.2 Å². The molecule has 0 rings (SSSR count). The Morgan fingerprint density at radius 3 is 1.81 bits per heavy atom. The number of carboxylic acid groups (broad SMARTS) is 3. The van der Waals surface area contributed by atoms with Crippen LogP contribution in [0.4, 0.5) is 0 Å². The Bertz CT molecular complexity index is 448. The highest BCUT2D eigenvalue weighted by Crippen LogP contribution is 1.99. The van der Waals surface area contributed by atoms with Gasteiger partial charge in [-0.25, -0.2) is 0 Å². The minimum Gasteiger partial charge on any atom is -0.550 e. The van der Waals surface area contributed by atoms with Crippen LogP contribution in [0.25, 0.3) is 0 Å². The maximum atomic E-state index is 11.5. The molecule has 0 saturated heterocycles. The molecule has 2 amide bonds. The van der Waals surface area contributed by atoms with Gasteiger partial charge < -0.3 is 40.3 Å². The highest BCUT2D eigenvalue weighted by Gasteiger charge is 2.19. The summed E-state index contributed by atoms with van der Waals surface area (Å²) < 4.78 is 0. The molecule has 0 aliphatic heterocycles. The van der Waals surface area contributed by atoms with Crippen molar-refractivity contribution in [3.05, 3.63) is 0 Å². The van der Waals surface area contributed by atoms with Gasteiger partial charge in [0.15, 0.2) is 0 Å². The highest BCUT2D eigenvalue weighted by atomic mass is 16.4. The van der Waals surface area contributed by atoms with Crippen LogP contribution in [-0.4, -0.2) is 41.8 Å². The smallest absolute Gasteiger partial charge is 0.222 e. The van der Waals surface area contributed by atoms with E-state index in [9.17, 15) is 39.3 Å². The molecule has 0 saturated carbocycles. The minimum absolute atomic E-state index is 0.480. The van der Waals surface area contributed by atoms with E-state index in [1.807, 2.05) is 10.6 Å². The number of carbonyl (C=O) groups excluding carboxylic acids is 5. The van der Waals surface area contributed by atoms with E-state index in [0.29, 0.717) is 0 Å². The second kappa shape index (κ2) is 8.51. The van der Waals surface area contributed by atoms with E-state index in [2.05, 4.69) is 0 Å². The van der Waals surface area contributed by atoms with Crippen molar-refractivity contribution in [3.8, 4) is 0 Å². The molecular weight excluding hydrogens is 288 g/mol. The van der Waals surface area contributed by atoms with Gasteiger partial charge in [0.25, 0.3) is 0 Å². The van der Waals surface area contributed by atoms with Gasteiger partial charge in [-0.05, 0) is 12.8 Å². The summed E-state index contributed by atoms with van der Waals surface area (Å²) in [6, 6.07) is -3.25. The van der Waals surface area contributed by atoms with Crippen LogP contribution >= 0.6 is 0 Å². The normalized spacial score (nSPS) is 12.8. The predicted molar refractivity (Wildman–Crippen MR) is 58.4 cm³/mol. The fourth-order valence-electron chi connectivity index (χ4n) is 1.39. The lowest BCUT2D eigenvalue weighted by atomic mass is 10.1. The Kier molecular flexibility index (Phi) is 7.43. The van der Waals surface area contributed by atoms with Crippen LogP contribution in [-0.2, 0) is 24.0 Å². The van der Waals surface area contributed by atoms with Crippen LogP contribution in [0.2, 0.25) is 0 Å². The summed E-state index contributed by atoms with van der Waals surface area (Å²) in [6.07, 6.45) is -1.88. The number of rotatable bonds is 9. The van der Waals surface area contributed by atoms with E-state index >= 15 is 0 Å². The van der Waals surface area contributed by atoms with Crippen LogP contribution in [0.3, 0.4) is 0 Å². The molecule has 0 bridgehead atoms. The number of carbonyl (C=O) groups is 5. The summed E-state index contributed by atoms with van der Waals surface area (Å²) in [6.45, 7) is 1.03. The third kappa shape index (κ3) is 8.18. The number of hydrogen-bond acceptors (Lipinski definition) is 8. The molecule has 0 radical (unpaired) electrons. The van der Waals surface area contributed by atoms with Gasteiger partial charge in [-0.3, -0.25) is 9.59 Å². The monoisotopic (exact) mass is 301 g/mol. The fraction of sp³-hybridized carbons (Fsp3) is 0.545. The van der Waals surface area contributed by atoms with Crippen LogP contribution < -0.4 is 26.0 Å². The maximum Gasteiger partial charge on any atom is 0.222 e. The van der Waals surface area contributed by atoms with Crippen molar-refractivity contribution in [2.75, 3.05) is 0 Å². The zero-order chi connectivity index (χ0) is 16.6. The van der Waals surface area contributed by atoms with Crippen molar-refractivity contribution in [1.29, 1.82) is 0 Å². The second-order valence-electron chi connectivity index (χ2n) is 4.13. The quantitative estimate of drug-likeness (QED) is 0.423. The standard InChI is InChI=1S/C11H16N2O8/c1-5(14)12-7(11(20)21)4-8(15)13-6(10(18)19)2-3-9(16)17/h6-7H,2-4H2,1H3,(H,12,14)(H,13,15)(H,16,17)(H,18,19)(H,20,21)/p-3/t6-,7-/m0/s1. The molecule has 10 heteroatoms. The van der Waals surface area contributed by atoms with Crippen molar-refractivity contribution in [2.45, 2.75) is 38.3 Å². The minimum atomic E-state index is -1.73. The van der Waals surface area contributed by atoms with Gasteiger partial charge in [-0.2, -0.15) is 0 Å². The van der Waals surface area contributed by atoms with E-state index in [4.69, 9.17) is 0 Å². The van der Waals surface area contributed by atoms with Gasteiger partial charge in [0.2, 0.25) is 11.8 Å². The summed E-state index contributed by atoms with van der Waals surface area (Å²) in [7, 11) is 0. The first-order chi connectivity index (χ1) is 9.63. The number of nitrogens with one attached hydrogen (secondary N) is 2. The lowest BCUT2D eigenvalue weighted by Crippen LogP contribution is -2.53. The molecule has 0 heterocycles. The van der Waals surface area contributed by atoms with E-state index < -0.39 is 61.1 Å². The third-order valence-electron chi connectivity index (χ3n) is 2.31. The molecule has 0 aromatic carbocycles. The maximum absolute atomic E-state index is 11.5. The first-order valence-electron chi connectivity index (χ1n) is 5.81. The Hall–Kier alpha value is -2.65. The predicted octanol–water partition coefficient (Wildman–Crippen LogP) is -5.60. The van der Waals surface area contributed by atoms with E-state index in [0.717, 1.165) is 6.92 Å². The van der Waals surface area contributed by atoms with Gasteiger partial charge in [0, 0.05) is 12.9 Å². The molecule has 10 nitrogen and oxygen atoms in total. The zero-order valence-corrected chi connectivity index (χ0v) is 11.0. The van der Waals surface area contributed by atoms with Gasteiger partial charge in [-0.15, -0.1) is 0 Å². The molecule has 21 heavy (non-hydrogen) atoms. The Morgan fingerprint density at radius 2 is 1.43 bits per heavy atom. The van der Waals surface area contributed by atoms with Crippen LogP contribution in [0, 0.1) is 0 Å². The molecular formula is C11H13N2O8-3. The zero-order valence-electron chi connectivity index (χ0n) is 11.0. The second-order valence-corrected chi connectivity index (χ2v) is 4.13. The topological polar surface area (TPSA) is 179 Å². The Balaban J connectivity index is 4.60. The molecule has 118 valence electrons. The van der Waals surface area contributed by atoms with Crippen molar-refractivity contribution < 1.29 is 39.3 Å². The van der Waals surface area contributed by atoms with Crippen LogP contribution in [0.5, 0.6) is 0 Å². The first-order valence-corrected chi connectivity index (χ1v) is 5.81. The van der Waals surface area contributed by atoms with Gasteiger partial charge in [0.1, 0.15) is 0 Å². The molecule has 0 aromatic rings. The lowest BCUT2D eigenvalue weighted by Gasteiger charge is -2.23. The van der Waals surface area contributed by atoms with Crippen molar-refractivity contribution >= 4 is 29.7 Å². The molecule has 0 spiro atoms. The Morgan fingerprint density at radius 1 is 0.905 bits per heavy atom.